The van der Waals surface area contributed by atoms with Crippen LogP contribution in [0.1, 0.15) is 23.6 Å². The van der Waals surface area contributed by atoms with Crippen molar-refractivity contribution in [1.29, 1.82) is 0 Å². The first-order valence-corrected chi connectivity index (χ1v) is 4.90. The summed E-state index contributed by atoms with van der Waals surface area (Å²) in [5.74, 6) is -2.91. The molecule has 0 aliphatic heterocycles. The van der Waals surface area contributed by atoms with Gasteiger partial charge in [-0.2, -0.15) is 0 Å². The minimum Gasteiger partial charge on any atom is -0.481 e. The average Bonchev–Trinajstić information content (AvgIpc) is 2.21. The third kappa shape index (κ3) is 3.21. The van der Waals surface area contributed by atoms with Crippen LogP contribution in [-0.2, 0) is 16.1 Å². The van der Waals surface area contributed by atoms with E-state index in [0.29, 0.717) is 0 Å². The van der Waals surface area contributed by atoms with Gasteiger partial charge in [-0.15, -0.1) is 0 Å². The maximum absolute atomic E-state index is 13.8. The summed E-state index contributed by atoms with van der Waals surface area (Å²) < 4.78 is 32.0. The van der Waals surface area contributed by atoms with Crippen LogP contribution in [0.3, 0.4) is 0 Å². The summed E-state index contributed by atoms with van der Waals surface area (Å²) in [4.78, 5) is 10.5. The standard InChI is InChI=1S/C11H13F2NO3/c1-17-5-6-2-3-7(12)10(11(6)13)8(14)4-9(15)16/h2-3,8H,4-5,14H2,1H3,(H,15,16). The SMILES string of the molecule is COCc1ccc(F)c(C(N)CC(=O)O)c1F. The largest absolute Gasteiger partial charge is 0.481 e. The molecule has 1 aromatic carbocycles. The van der Waals surface area contributed by atoms with Gasteiger partial charge in [0.1, 0.15) is 11.6 Å². The predicted molar refractivity (Wildman–Crippen MR) is 56.3 cm³/mol. The molecule has 0 amide bonds. The van der Waals surface area contributed by atoms with Gasteiger partial charge in [0.2, 0.25) is 0 Å². The number of hydrogen-bond donors (Lipinski definition) is 2. The molecule has 0 bridgehead atoms. The molecule has 0 heterocycles. The molecule has 6 heteroatoms. The van der Waals surface area contributed by atoms with E-state index in [2.05, 4.69) is 0 Å². The second-order valence-corrected chi connectivity index (χ2v) is 3.57. The van der Waals surface area contributed by atoms with Crippen molar-refractivity contribution in [3.63, 3.8) is 0 Å². The Balaban J connectivity index is 3.12. The second kappa shape index (κ2) is 5.70. The molecule has 1 atom stereocenters. The van der Waals surface area contributed by atoms with Crippen LogP contribution in [0.2, 0.25) is 0 Å². The molecule has 94 valence electrons. The van der Waals surface area contributed by atoms with Gasteiger partial charge in [0.15, 0.2) is 0 Å². The van der Waals surface area contributed by atoms with Gasteiger partial charge in [0.25, 0.3) is 0 Å². The molecule has 0 radical (unpaired) electrons. The third-order valence-corrected chi connectivity index (χ3v) is 2.27. The van der Waals surface area contributed by atoms with Crippen LogP contribution in [0.4, 0.5) is 8.78 Å². The van der Waals surface area contributed by atoms with Gasteiger partial charge >= 0.3 is 5.97 Å². The van der Waals surface area contributed by atoms with Gasteiger partial charge in [-0.25, -0.2) is 8.78 Å². The van der Waals surface area contributed by atoms with Crippen molar-refractivity contribution in [2.45, 2.75) is 19.1 Å². The van der Waals surface area contributed by atoms with E-state index in [0.717, 1.165) is 6.07 Å². The molecule has 1 rings (SSSR count). The number of benzene rings is 1. The summed E-state index contributed by atoms with van der Waals surface area (Å²) >= 11 is 0. The van der Waals surface area contributed by atoms with E-state index >= 15 is 0 Å². The van der Waals surface area contributed by atoms with Crippen LogP contribution in [0.15, 0.2) is 12.1 Å². The van der Waals surface area contributed by atoms with Crippen molar-refractivity contribution in [1.82, 2.24) is 0 Å². The zero-order chi connectivity index (χ0) is 13.0. The molecule has 0 saturated heterocycles. The molecule has 0 spiro atoms. The summed E-state index contributed by atoms with van der Waals surface area (Å²) in [5, 5.41) is 8.55. The number of methoxy groups -OCH3 is 1. The monoisotopic (exact) mass is 245 g/mol. The minimum atomic E-state index is -1.22. The van der Waals surface area contributed by atoms with Crippen LogP contribution in [0.25, 0.3) is 0 Å². The molecule has 0 saturated carbocycles. The first kappa shape index (κ1) is 13.5. The van der Waals surface area contributed by atoms with Gasteiger partial charge in [-0.1, -0.05) is 6.07 Å². The number of carboxylic acids is 1. The minimum absolute atomic E-state index is 0.0289. The number of ether oxygens (including phenoxy) is 1. The molecule has 0 aliphatic carbocycles. The van der Waals surface area contributed by atoms with Gasteiger partial charge in [-0.3, -0.25) is 4.79 Å². The van der Waals surface area contributed by atoms with E-state index < -0.39 is 35.6 Å². The van der Waals surface area contributed by atoms with Gasteiger partial charge in [0, 0.05) is 24.3 Å². The molecule has 17 heavy (non-hydrogen) atoms. The lowest BCUT2D eigenvalue weighted by atomic mass is 10.0. The smallest absolute Gasteiger partial charge is 0.305 e. The Morgan fingerprint density at radius 3 is 2.71 bits per heavy atom. The van der Waals surface area contributed by atoms with E-state index in [1.54, 1.807) is 0 Å². The lowest BCUT2D eigenvalue weighted by Gasteiger charge is -2.14. The van der Waals surface area contributed by atoms with Crippen molar-refractivity contribution in [3.8, 4) is 0 Å². The highest BCUT2D eigenvalue weighted by molar-refractivity contribution is 5.68. The van der Waals surface area contributed by atoms with Crippen molar-refractivity contribution in [2.24, 2.45) is 5.73 Å². The zero-order valence-electron chi connectivity index (χ0n) is 9.24. The van der Waals surface area contributed by atoms with Gasteiger partial charge in [-0.05, 0) is 6.07 Å². The Morgan fingerprint density at radius 1 is 1.53 bits per heavy atom. The van der Waals surface area contributed by atoms with E-state index in [-0.39, 0.29) is 12.2 Å². The number of aliphatic carboxylic acids is 1. The number of carbonyl (C=O) groups is 1. The topological polar surface area (TPSA) is 72.5 Å². The Hall–Kier alpha value is -1.53. The maximum Gasteiger partial charge on any atom is 0.305 e. The molecule has 4 nitrogen and oxygen atoms in total. The van der Waals surface area contributed by atoms with Crippen molar-refractivity contribution in [3.05, 3.63) is 34.9 Å². The molecule has 1 unspecified atom stereocenters. The van der Waals surface area contributed by atoms with Crippen molar-refractivity contribution >= 4 is 5.97 Å². The van der Waals surface area contributed by atoms with Crippen LogP contribution in [0, 0.1) is 11.6 Å². The van der Waals surface area contributed by atoms with Crippen molar-refractivity contribution in [2.75, 3.05) is 7.11 Å². The third-order valence-electron chi connectivity index (χ3n) is 2.27. The fourth-order valence-electron chi connectivity index (χ4n) is 1.51. The summed E-state index contributed by atoms with van der Waals surface area (Å²) in [6, 6.07) is 1.07. The molecule has 0 fully saturated rings. The molecular formula is C11H13F2NO3. The highest BCUT2D eigenvalue weighted by Crippen LogP contribution is 2.24. The lowest BCUT2D eigenvalue weighted by molar-refractivity contribution is -0.137. The Labute approximate surface area is 97.0 Å². The Morgan fingerprint density at radius 2 is 2.18 bits per heavy atom. The fraction of sp³-hybridized carbons (Fsp3) is 0.364. The number of rotatable bonds is 5. The quantitative estimate of drug-likeness (QED) is 0.826. The highest BCUT2D eigenvalue weighted by atomic mass is 19.1. The highest BCUT2D eigenvalue weighted by Gasteiger charge is 2.21. The van der Waals surface area contributed by atoms with E-state index in [1.807, 2.05) is 0 Å². The number of hydrogen-bond acceptors (Lipinski definition) is 3. The number of carboxylic acid groups (broad SMARTS) is 1. The maximum atomic E-state index is 13.8. The molecule has 1 aromatic rings. The van der Waals surface area contributed by atoms with Crippen LogP contribution >= 0.6 is 0 Å². The summed E-state index contributed by atoms with van der Waals surface area (Å²) in [5.41, 5.74) is 5.19. The Bertz CT molecular complexity index is 423. The molecule has 0 aromatic heterocycles. The Kier molecular flexibility index (Phi) is 4.53. The molecular weight excluding hydrogens is 232 g/mol. The van der Waals surface area contributed by atoms with Gasteiger partial charge < -0.3 is 15.6 Å². The first-order chi connectivity index (χ1) is 7.97. The van der Waals surface area contributed by atoms with Crippen LogP contribution < -0.4 is 5.73 Å². The first-order valence-electron chi connectivity index (χ1n) is 4.90. The van der Waals surface area contributed by atoms with E-state index in [9.17, 15) is 13.6 Å². The zero-order valence-corrected chi connectivity index (χ0v) is 9.24. The van der Waals surface area contributed by atoms with E-state index in [1.165, 1.54) is 13.2 Å². The summed E-state index contributed by atoms with van der Waals surface area (Å²) in [7, 11) is 1.37. The fourth-order valence-corrected chi connectivity index (χ4v) is 1.51. The normalized spacial score (nSPS) is 12.5. The van der Waals surface area contributed by atoms with Crippen molar-refractivity contribution < 1.29 is 23.4 Å². The van der Waals surface area contributed by atoms with E-state index in [4.69, 9.17) is 15.6 Å². The predicted octanol–water partition coefficient (Wildman–Crippen LogP) is 1.59. The molecule has 3 N–H and O–H groups in total. The average molecular weight is 245 g/mol. The summed E-state index contributed by atoms with van der Waals surface area (Å²) in [6.45, 7) is -0.0289. The number of halogens is 2. The van der Waals surface area contributed by atoms with Crippen LogP contribution in [-0.4, -0.2) is 18.2 Å². The second-order valence-electron chi connectivity index (χ2n) is 3.57. The van der Waals surface area contributed by atoms with Crippen LogP contribution in [0.5, 0.6) is 0 Å². The van der Waals surface area contributed by atoms with Gasteiger partial charge in [0.05, 0.1) is 13.0 Å². The number of nitrogens with two attached hydrogens (primary N) is 1. The lowest BCUT2D eigenvalue weighted by Crippen LogP contribution is -2.19. The molecule has 0 aliphatic rings. The summed E-state index contributed by atoms with van der Waals surface area (Å²) in [6.07, 6.45) is -0.537.